The zero-order valence-corrected chi connectivity index (χ0v) is 12.3. The maximum atomic E-state index is 12.5. The molecule has 0 bridgehead atoms. The molecule has 0 saturated carbocycles. The molecule has 2 rings (SSSR count). The van der Waals surface area contributed by atoms with Gasteiger partial charge in [0.2, 0.25) is 5.91 Å². The lowest BCUT2D eigenvalue weighted by molar-refractivity contribution is -0.136. The summed E-state index contributed by atoms with van der Waals surface area (Å²) in [5.74, 6) is 0.360. The lowest BCUT2D eigenvalue weighted by Crippen LogP contribution is -2.39. The molecule has 19 heavy (non-hydrogen) atoms. The lowest BCUT2D eigenvalue weighted by atomic mass is 10.00. The molecule has 0 aromatic heterocycles. The van der Waals surface area contributed by atoms with Gasteiger partial charge in [-0.25, -0.2) is 0 Å². The van der Waals surface area contributed by atoms with E-state index in [-0.39, 0.29) is 17.9 Å². The average Bonchev–Trinajstić information content (AvgIpc) is 2.81. The minimum absolute atomic E-state index is 0.110. The highest BCUT2D eigenvalue weighted by Crippen LogP contribution is 2.20. The summed E-state index contributed by atoms with van der Waals surface area (Å²) in [6, 6.07) is 7.99. The Morgan fingerprint density at radius 2 is 2.32 bits per heavy atom. The largest absolute Gasteiger partial charge is 0.338 e. The van der Waals surface area contributed by atoms with Crippen molar-refractivity contribution in [3.63, 3.8) is 0 Å². The molecule has 104 valence electrons. The van der Waals surface area contributed by atoms with Crippen molar-refractivity contribution in [1.29, 1.82) is 0 Å². The molecule has 1 N–H and O–H groups in total. The highest BCUT2D eigenvalue weighted by atomic mass is 35.5. The van der Waals surface area contributed by atoms with E-state index < -0.39 is 0 Å². The molecule has 0 radical (unpaired) electrons. The van der Waals surface area contributed by atoms with Gasteiger partial charge in [-0.3, -0.25) is 4.79 Å². The van der Waals surface area contributed by atoms with E-state index in [0.717, 1.165) is 30.1 Å². The highest BCUT2D eigenvalue weighted by molar-refractivity contribution is 6.30. The molecule has 1 fully saturated rings. The second-order valence-electron chi connectivity index (χ2n) is 5.12. The molecule has 1 heterocycles. The van der Waals surface area contributed by atoms with Crippen LogP contribution in [0.5, 0.6) is 0 Å². The normalized spacial score (nSPS) is 22.5. The number of benzene rings is 1. The first-order valence-electron chi connectivity index (χ1n) is 6.88. The highest BCUT2D eigenvalue weighted by Gasteiger charge is 2.32. The fraction of sp³-hybridized carbons (Fsp3) is 0.533. The van der Waals surface area contributed by atoms with Crippen molar-refractivity contribution in [3.05, 3.63) is 34.9 Å². The number of carbonyl (C=O) groups is 1. The van der Waals surface area contributed by atoms with E-state index in [0.29, 0.717) is 6.54 Å². The Balaban J connectivity index is 2.05. The van der Waals surface area contributed by atoms with Crippen LogP contribution < -0.4 is 5.32 Å². The molecule has 1 aliphatic rings. The number of nitrogens with one attached hydrogen (secondary N) is 1. The molecule has 0 spiro atoms. The van der Waals surface area contributed by atoms with Crippen LogP contribution in [0.4, 0.5) is 0 Å². The summed E-state index contributed by atoms with van der Waals surface area (Å²) in [4.78, 5) is 14.4. The van der Waals surface area contributed by atoms with E-state index in [2.05, 4.69) is 12.2 Å². The van der Waals surface area contributed by atoms with Crippen molar-refractivity contribution in [2.45, 2.75) is 32.9 Å². The molecule has 1 saturated heterocycles. The van der Waals surface area contributed by atoms with Crippen LogP contribution >= 0.6 is 11.6 Å². The van der Waals surface area contributed by atoms with Gasteiger partial charge in [0.1, 0.15) is 0 Å². The third kappa shape index (κ3) is 3.48. The topological polar surface area (TPSA) is 32.3 Å². The molecule has 3 nitrogen and oxygen atoms in total. The Kier molecular flexibility index (Phi) is 4.83. The first kappa shape index (κ1) is 14.4. The fourth-order valence-electron chi connectivity index (χ4n) is 2.63. The van der Waals surface area contributed by atoms with Crippen LogP contribution in [0.2, 0.25) is 5.02 Å². The van der Waals surface area contributed by atoms with Crippen molar-refractivity contribution in [2.75, 3.05) is 13.1 Å². The van der Waals surface area contributed by atoms with Gasteiger partial charge < -0.3 is 10.2 Å². The second-order valence-corrected chi connectivity index (χ2v) is 5.56. The van der Waals surface area contributed by atoms with Gasteiger partial charge in [-0.2, -0.15) is 0 Å². The smallest absolute Gasteiger partial charge is 0.227 e. The van der Waals surface area contributed by atoms with Gasteiger partial charge in [-0.1, -0.05) is 23.7 Å². The average molecular weight is 281 g/mol. The first-order chi connectivity index (χ1) is 9.11. The van der Waals surface area contributed by atoms with E-state index >= 15 is 0 Å². The quantitative estimate of drug-likeness (QED) is 0.920. The summed E-state index contributed by atoms with van der Waals surface area (Å²) in [6.45, 7) is 6.41. The van der Waals surface area contributed by atoms with E-state index in [4.69, 9.17) is 11.6 Å². The summed E-state index contributed by atoms with van der Waals surface area (Å²) in [5.41, 5.74) is 1.08. The Labute approximate surface area is 119 Å². The van der Waals surface area contributed by atoms with E-state index in [9.17, 15) is 4.79 Å². The lowest BCUT2D eigenvalue weighted by Gasteiger charge is -2.26. The molecule has 1 aromatic carbocycles. The molecular weight excluding hydrogens is 260 g/mol. The summed E-state index contributed by atoms with van der Waals surface area (Å²) in [6.07, 6.45) is 0.937. The van der Waals surface area contributed by atoms with Crippen LogP contribution in [0.25, 0.3) is 0 Å². The minimum Gasteiger partial charge on any atom is -0.338 e. The Hall–Kier alpha value is -1.06. The van der Waals surface area contributed by atoms with Crippen LogP contribution in [0.1, 0.15) is 25.8 Å². The zero-order chi connectivity index (χ0) is 13.8. The van der Waals surface area contributed by atoms with Gasteiger partial charge in [0.25, 0.3) is 0 Å². The molecule has 1 aromatic rings. The summed E-state index contributed by atoms with van der Waals surface area (Å²) < 4.78 is 0. The van der Waals surface area contributed by atoms with Gasteiger partial charge in [0, 0.05) is 24.2 Å². The third-order valence-electron chi connectivity index (χ3n) is 3.80. The maximum Gasteiger partial charge on any atom is 0.227 e. The van der Waals surface area contributed by atoms with Crippen LogP contribution in [-0.4, -0.2) is 29.9 Å². The first-order valence-corrected chi connectivity index (χ1v) is 7.26. The number of carbonyl (C=O) groups excluding carboxylic acids is 1. The Morgan fingerprint density at radius 3 is 2.89 bits per heavy atom. The molecule has 1 aliphatic heterocycles. The maximum absolute atomic E-state index is 12.5. The Morgan fingerprint density at radius 1 is 1.53 bits per heavy atom. The number of halogens is 1. The van der Waals surface area contributed by atoms with Crippen LogP contribution in [0, 0.1) is 5.92 Å². The predicted octanol–water partition coefficient (Wildman–Crippen LogP) is 2.69. The van der Waals surface area contributed by atoms with Crippen molar-refractivity contribution in [1.82, 2.24) is 10.2 Å². The van der Waals surface area contributed by atoms with Crippen molar-refractivity contribution < 1.29 is 4.79 Å². The molecular formula is C15H21ClN2O. The fourth-order valence-corrected chi connectivity index (χ4v) is 2.84. The van der Waals surface area contributed by atoms with E-state index in [1.54, 1.807) is 0 Å². The van der Waals surface area contributed by atoms with Gasteiger partial charge in [-0.05, 0) is 44.5 Å². The van der Waals surface area contributed by atoms with Gasteiger partial charge in [-0.15, -0.1) is 0 Å². The van der Waals surface area contributed by atoms with Crippen molar-refractivity contribution in [3.8, 4) is 0 Å². The number of amides is 1. The van der Waals surface area contributed by atoms with E-state index in [1.165, 1.54) is 0 Å². The predicted molar refractivity (Wildman–Crippen MR) is 78.1 cm³/mol. The minimum atomic E-state index is 0.110. The number of hydrogen-bond donors (Lipinski definition) is 1. The standard InChI is InChI=1S/C15H21ClN2O/c1-3-18(10-12-5-4-6-13(16)9-12)15(19)14-7-8-17-11(14)2/h4-6,9,11,14,17H,3,7-8,10H2,1-2H3. The summed E-state index contributed by atoms with van der Waals surface area (Å²) in [5, 5.41) is 4.05. The monoisotopic (exact) mass is 280 g/mol. The number of hydrogen-bond acceptors (Lipinski definition) is 2. The zero-order valence-electron chi connectivity index (χ0n) is 11.5. The molecule has 0 aliphatic carbocycles. The van der Waals surface area contributed by atoms with Crippen LogP contribution in [0.15, 0.2) is 24.3 Å². The second kappa shape index (κ2) is 6.40. The van der Waals surface area contributed by atoms with Gasteiger partial charge in [0.15, 0.2) is 0 Å². The van der Waals surface area contributed by atoms with Gasteiger partial charge >= 0.3 is 0 Å². The number of rotatable bonds is 4. The SMILES string of the molecule is CCN(Cc1cccc(Cl)c1)C(=O)C1CCNC1C. The van der Waals surface area contributed by atoms with Gasteiger partial charge in [0.05, 0.1) is 5.92 Å². The third-order valence-corrected chi connectivity index (χ3v) is 4.03. The van der Waals surface area contributed by atoms with Crippen LogP contribution in [0.3, 0.4) is 0 Å². The molecule has 4 heteroatoms. The van der Waals surface area contributed by atoms with Crippen molar-refractivity contribution >= 4 is 17.5 Å². The molecule has 2 unspecified atom stereocenters. The number of nitrogens with zero attached hydrogens (tertiary/aromatic N) is 1. The Bertz CT molecular complexity index is 450. The van der Waals surface area contributed by atoms with Crippen molar-refractivity contribution in [2.24, 2.45) is 5.92 Å². The van der Waals surface area contributed by atoms with Crippen LogP contribution in [-0.2, 0) is 11.3 Å². The summed E-state index contributed by atoms with van der Waals surface area (Å²) >= 11 is 5.99. The summed E-state index contributed by atoms with van der Waals surface area (Å²) in [7, 11) is 0. The van der Waals surface area contributed by atoms with E-state index in [1.807, 2.05) is 36.1 Å². The molecule has 1 amide bonds. The molecule has 2 atom stereocenters.